The molecule has 0 spiro atoms. The number of carbonyl (C=O) groups excluding carboxylic acids is 1. The average molecular weight is 225 g/mol. The third-order valence-electron chi connectivity index (χ3n) is 3.74. The van der Waals surface area contributed by atoms with Gasteiger partial charge >= 0.3 is 0 Å². The molecule has 0 radical (unpaired) electrons. The van der Waals surface area contributed by atoms with Gasteiger partial charge in [-0.05, 0) is 50.6 Å². The molecule has 1 atom stereocenters. The highest BCUT2D eigenvalue weighted by molar-refractivity contribution is 5.80. The summed E-state index contributed by atoms with van der Waals surface area (Å²) in [6.07, 6.45) is 5.63. The zero-order valence-corrected chi connectivity index (χ0v) is 11.2. The van der Waals surface area contributed by atoms with E-state index in [-0.39, 0.29) is 0 Å². The monoisotopic (exact) mass is 225 g/mol. The van der Waals surface area contributed by atoms with Gasteiger partial charge in [-0.2, -0.15) is 0 Å². The zero-order valence-electron chi connectivity index (χ0n) is 11.2. The molecule has 0 N–H and O–H groups in total. The Morgan fingerprint density at radius 1 is 1.31 bits per heavy atom. The Labute approximate surface area is 100 Å². The van der Waals surface area contributed by atoms with Gasteiger partial charge in [-0.3, -0.25) is 9.69 Å². The summed E-state index contributed by atoms with van der Waals surface area (Å²) in [6.45, 7) is 9.66. The van der Waals surface area contributed by atoms with Crippen LogP contribution in [0.1, 0.15) is 52.9 Å². The highest BCUT2D eigenvalue weighted by Gasteiger charge is 2.20. The maximum atomic E-state index is 11.6. The van der Waals surface area contributed by atoms with E-state index >= 15 is 0 Å². The largest absolute Gasteiger partial charge is 0.298 e. The van der Waals surface area contributed by atoms with Gasteiger partial charge in [0.05, 0.1) is 6.54 Å². The molecule has 0 aromatic carbocycles. The van der Waals surface area contributed by atoms with Gasteiger partial charge in [-0.1, -0.05) is 20.8 Å². The van der Waals surface area contributed by atoms with Crippen LogP contribution in [0.4, 0.5) is 0 Å². The number of hydrogen-bond donors (Lipinski definition) is 0. The first kappa shape index (κ1) is 13.7. The van der Waals surface area contributed by atoms with Crippen LogP contribution >= 0.6 is 0 Å². The first-order valence-electron chi connectivity index (χ1n) is 6.87. The van der Waals surface area contributed by atoms with Gasteiger partial charge in [-0.15, -0.1) is 0 Å². The normalized spacial score (nSPS) is 23.4. The Balaban J connectivity index is 2.32. The van der Waals surface area contributed by atoms with E-state index in [9.17, 15) is 4.79 Å². The molecule has 0 aromatic rings. The van der Waals surface area contributed by atoms with E-state index in [0.29, 0.717) is 12.3 Å². The second kappa shape index (κ2) is 7.05. The van der Waals surface area contributed by atoms with E-state index in [0.717, 1.165) is 37.8 Å². The van der Waals surface area contributed by atoms with Gasteiger partial charge in [0.25, 0.3) is 0 Å². The molecule has 2 nitrogen and oxygen atoms in total. The predicted molar refractivity (Wildman–Crippen MR) is 68.5 cm³/mol. The number of nitrogens with zero attached hydrogens (tertiary/aromatic N) is 1. The standard InChI is InChI=1S/C14H27NO/c1-4-6-14(16)11-15-9-5-7-13(8-10-15)12(2)3/h12-13H,4-11H2,1-3H3. The zero-order chi connectivity index (χ0) is 12.0. The topological polar surface area (TPSA) is 20.3 Å². The van der Waals surface area contributed by atoms with E-state index in [2.05, 4.69) is 25.7 Å². The van der Waals surface area contributed by atoms with E-state index in [1.165, 1.54) is 19.3 Å². The first-order chi connectivity index (χ1) is 7.63. The van der Waals surface area contributed by atoms with Crippen molar-refractivity contribution in [3.05, 3.63) is 0 Å². The van der Waals surface area contributed by atoms with Crippen molar-refractivity contribution in [2.75, 3.05) is 19.6 Å². The molecule has 0 aromatic heterocycles. The SMILES string of the molecule is CCCC(=O)CN1CCCC(C(C)C)CC1. The van der Waals surface area contributed by atoms with Crippen molar-refractivity contribution >= 4 is 5.78 Å². The maximum absolute atomic E-state index is 11.6. The van der Waals surface area contributed by atoms with Gasteiger partial charge in [0.2, 0.25) is 0 Å². The third kappa shape index (κ3) is 4.65. The number of hydrogen-bond acceptors (Lipinski definition) is 2. The molecule has 1 aliphatic rings. The van der Waals surface area contributed by atoms with Gasteiger partial charge < -0.3 is 0 Å². The highest BCUT2D eigenvalue weighted by atomic mass is 16.1. The Morgan fingerprint density at radius 2 is 2.06 bits per heavy atom. The predicted octanol–water partition coefficient (Wildman–Crippen LogP) is 3.11. The van der Waals surface area contributed by atoms with Crippen molar-refractivity contribution in [3.63, 3.8) is 0 Å². The van der Waals surface area contributed by atoms with Crippen molar-refractivity contribution in [3.8, 4) is 0 Å². The summed E-state index contributed by atoms with van der Waals surface area (Å²) in [4.78, 5) is 14.0. The minimum atomic E-state index is 0.422. The van der Waals surface area contributed by atoms with Gasteiger partial charge in [0, 0.05) is 6.42 Å². The molecule has 94 valence electrons. The fraction of sp³-hybridized carbons (Fsp3) is 0.929. The average Bonchev–Trinajstić information content (AvgIpc) is 2.43. The third-order valence-corrected chi connectivity index (χ3v) is 3.74. The molecular weight excluding hydrogens is 198 g/mol. The lowest BCUT2D eigenvalue weighted by Crippen LogP contribution is -2.30. The van der Waals surface area contributed by atoms with Crippen LogP contribution in [0.2, 0.25) is 0 Å². The van der Waals surface area contributed by atoms with Crippen LogP contribution in [0.5, 0.6) is 0 Å². The Hall–Kier alpha value is -0.370. The van der Waals surface area contributed by atoms with Crippen molar-refractivity contribution < 1.29 is 4.79 Å². The molecule has 0 saturated carbocycles. The molecule has 2 heteroatoms. The van der Waals surface area contributed by atoms with Crippen LogP contribution in [-0.2, 0) is 4.79 Å². The minimum absolute atomic E-state index is 0.422. The molecule has 0 bridgehead atoms. The van der Waals surface area contributed by atoms with Crippen LogP contribution < -0.4 is 0 Å². The van der Waals surface area contributed by atoms with Crippen LogP contribution in [0.25, 0.3) is 0 Å². The summed E-state index contributed by atoms with van der Waals surface area (Å²) in [7, 11) is 0. The summed E-state index contributed by atoms with van der Waals surface area (Å²) in [5.74, 6) is 2.09. The van der Waals surface area contributed by atoms with Crippen molar-refractivity contribution in [1.29, 1.82) is 0 Å². The number of carbonyl (C=O) groups is 1. The summed E-state index contributed by atoms with van der Waals surface area (Å²) < 4.78 is 0. The summed E-state index contributed by atoms with van der Waals surface area (Å²) >= 11 is 0. The number of rotatable bonds is 5. The van der Waals surface area contributed by atoms with Gasteiger partial charge in [-0.25, -0.2) is 0 Å². The molecule has 16 heavy (non-hydrogen) atoms. The molecule has 1 aliphatic heterocycles. The van der Waals surface area contributed by atoms with E-state index in [1.54, 1.807) is 0 Å². The lowest BCUT2D eigenvalue weighted by Gasteiger charge is -2.20. The molecule has 1 rings (SSSR count). The van der Waals surface area contributed by atoms with Crippen LogP contribution in [-0.4, -0.2) is 30.3 Å². The van der Waals surface area contributed by atoms with Crippen molar-refractivity contribution in [2.45, 2.75) is 52.9 Å². The lowest BCUT2D eigenvalue weighted by molar-refractivity contribution is -0.120. The molecule has 0 amide bonds. The molecular formula is C14H27NO. The van der Waals surface area contributed by atoms with E-state index < -0.39 is 0 Å². The minimum Gasteiger partial charge on any atom is -0.298 e. The molecule has 0 aliphatic carbocycles. The quantitative estimate of drug-likeness (QED) is 0.716. The molecule has 1 unspecified atom stereocenters. The van der Waals surface area contributed by atoms with Crippen LogP contribution in [0.15, 0.2) is 0 Å². The molecule has 1 saturated heterocycles. The van der Waals surface area contributed by atoms with Gasteiger partial charge in [0.15, 0.2) is 0 Å². The summed E-state index contributed by atoms with van der Waals surface area (Å²) in [5, 5.41) is 0. The summed E-state index contributed by atoms with van der Waals surface area (Å²) in [6, 6.07) is 0. The molecule has 1 fully saturated rings. The fourth-order valence-electron chi connectivity index (χ4n) is 2.61. The van der Waals surface area contributed by atoms with Crippen LogP contribution in [0.3, 0.4) is 0 Å². The first-order valence-corrected chi connectivity index (χ1v) is 6.87. The second-order valence-electron chi connectivity index (χ2n) is 5.50. The lowest BCUT2D eigenvalue weighted by atomic mass is 9.89. The van der Waals surface area contributed by atoms with Gasteiger partial charge in [0.1, 0.15) is 5.78 Å². The second-order valence-corrected chi connectivity index (χ2v) is 5.50. The van der Waals surface area contributed by atoms with Crippen LogP contribution in [0, 0.1) is 11.8 Å². The highest BCUT2D eigenvalue weighted by Crippen LogP contribution is 2.24. The number of Topliss-reactive ketones (excluding diaryl/α,β-unsaturated/α-hetero) is 1. The fourth-order valence-corrected chi connectivity index (χ4v) is 2.61. The number of ketones is 1. The Kier molecular flexibility index (Phi) is 6.04. The Bertz CT molecular complexity index is 213. The number of likely N-dealkylation sites (tertiary alicyclic amines) is 1. The van der Waals surface area contributed by atoms with E-state index in [1.807, 2.05) is 0 Å². The Morgan fingerprint density at radius 3 is 2.69 bits per heavy atom. The van der Waals surface area contributed by atoms with Crippen molar-refractivity contribution in [1.82, 2.24) is 4.90 Å². The van der Waals surface area contributed by atoms with Crippen molar-refractivity contribution in [2.24, 2.45) is 11.8 Å². The molecule has 1 heterocycles. The van der Waals surface area contributed by atoms with E-state index in [4.69, 9.17) is 0 Å². The smallest absolute Gasteiger partial charge is 0.146 e. The summed E-state index contributed by atoms with van der Waals surface area (Å²) in [5.41, 5.74) is 0. The maximum Gasteiger partial charge on any atom is 0.146 e.